The lowest BCUT2D eigenvalue weighted by molar-refractivity contribution is -0.147. The number of rotatable bonds is 4. The van der Waals surface area contributed by atoms with E-state index in [9.17, 15) is 18.3 Å². The lowest BCUT2D eigenvalue weighted by Crippen LogP contribution is -2.46. The molecule has 1 rings (SSSR count). The number of aliphatic hydroxyl groups is 1. The molecule has 0 aromatic rings. The van der Waals surface area contributed by atoms with Crippen LogP contribution in [0.2, 0.25) is 0 Å². The van der Waals surface area contributed by atoms with E-state index in [0.29, 0.717) is 19.8 Å². The second-order valence-corrected chi connectivity index (χ2v) is 4.54. The molecule has 1 fully saturated rings. The largest absolute Gasteiger partial charge is 0.390 e. The van der Waals surface area contributed by atoms with Gasteiger partial charge in [0.1, 0.15) is 0 Å². The summed E-state index contributed by atoms with van der Waals surface area (Å²) in [5, 5.41) is 12.9. The van der Waals surface area contributed by atoms with Crippen molar-refractivity contribution in [3.8, 4) is 0 Å². The van der Waals surface area contributed by atoms with Crippen molar-refractivity contribution in [3.05, 3.63) is 0 Å². The maximum Gasteiger partial charge on any atom is 0.389 e. The number of morpholine rings is 1. The first-order chi connectivity index (χ1) is 7.29. The third-order valence-electron chi connectivity index (χ3n) is 2.63. The molecule has 3 nitrogen and oxygen atoms in total. The number of nitrogens with one attached hydrogen (secondary N) is 1. The Bertz CT molecular complexity index is 213. The van der Waals surface area contributed by atoms with Gasteiger partial charge in [-0.05, 0) is 19.8 Å². The van der Waals surface area contributed by atoms with Crippen molar-refractivity contribution in [2.24, 2.45) is 0 Å². The van der Waals surface area contributed by atoms with Gasteiger partial charge in [-0.25, -0.2) is 0 Å². The van der Waals surface area contributed by atoms with E-state index in [0.717, 1.165) is 0 Å². The molecule has 0 amide bonds. The highest BCUT2D eigenvalue weighted by Gasteiger charge is 2.33. The minimum absolute atomic E-state index is 0.0583. The van der Waals surface area contributed by atoms with E-state index < -0.39 is 18.2 Å². The predicted octanol–water partition coefficient (Wildman–Crippen LogP) is 1.46. The second-order valence-electron chi connectivity index (χ2n) is 4.54. The van der Waals surface area contributed by atoms with Gasteiger partial charge >= 0.3 is 6.18 Å². The van der Waals surface area contributed by atoms with Crippen LogP contribution in [0.4, 0.5) is 13.2 Å². The van der Waals surface area contributed by atoms with Gasteiger partial charge in [-0.15, -0.1) is 0 Å². The van der Waals surface area contributed by atoms with Crippen molar-refractivity contribution in [1.29, 1.82) is 0 Å². The fourth-order valence-corrected chi connectivity index (χ4v) is 1.79. The van der Waals surface area contributed by atoms with Gasteiger partial charge in [-0.3, -0.25) is 0 Å². The van der Waals surface area contributed by atoms with Gasteiger partial charge in [0.15, 0.2) is 0 Å². The third-order valence-corrected chi connectivity index (χ3v) is 2.63. The normalized spacial score (nSPS) is 26.4. The average molecular weight is 241 g/mol. The van der Waals surface area contributed by atoms with Crippen LogP contribution >= 0.6 is 0 Å². The van der Waals surface area contributed by atoms with Gasteiger partial charge in [-0.2, -0.15) is 13.2 Å². The highest BCUT2D eigenvalue weighted by Crippen LogP contribution is 2.28. The summed E-state index contributed by atoms with van der Waals surface area (Å²) in [6.45, 7) is 3.18. The van der Waals surface area contributed by atoms with Crippen LogP contribution in [-0.4, -0.2) is 42.7 Å². The predicted molar refractivity (Wildman–Crippen MR) is 53.1 cm³/mol. The molecule has 96 valence electrons. The molecule has 0 spiro atoms. The van der Waals surface area contributed by atoms with Crippen molar-refractivity contribution in [1.82, 2.24) is 5.32 Å². The number of hydrogen-bond acceptors (Lipinski definition) is 3. The minimum atomic E-state index is -4.21. The highest BCUT2D eigenvalue weighted by molar-refractivity contribution is 4.82. The van der Waals surface area contributed by atoms with E-state index in [2.05, 4.69) is 5.32 Å². The Morgan fingerprint density at radius 3 is 2.56 bits per heavy atom. The van der Waals surface area contributed by atoms with Crippen molar-refractivity contribution >= 4 is 0 Å². The third kappa shape index (κ3) is 5.67. The SMILES string of the molecule is CC(O)(CCC(F)(F)F)CC1COCCN1. The monoisotopic (exact) mass is 241 g/mol. The fraction of sp³-hybridized carbons (Fsp3) is 1.00. The molecule has 2 atom stereocenters. The summed E-state index contributed by atoms with van der Waals surface area (Å²) in [4.78, 5) is 0. The van der Waals surface area contributed by atoms with E-state index in [4.69, 9.17) is 4.74 Å². The van der Waals surface area contributed by atoms with Crippen molar-refractivity contribution in [3.63, 3.8) is 0 Å². The molecular weight excluding hydrogens is 223 g/mol. The number of halogens is 3. The zero-order valence-corrected chi connectivity index (χ0v) is 9.31. The van der Waals surface area contributed by atoms with Crippen LogP contribution in [0.3, 0.4) is 0 Å². The Hall–Kier alpha value is -0.330. The quantitative estimate of drug-likeness (QED) is 0.783. The average Bonchev–Trinajstić information content (AvgIpc) is 2.15. The first kappa shape index (κ1) is 13.7. The smallest absolute Gasteiger partial charge is 0.389 e. The molecule has 1 saturated heterocycles. The van der Waals surface area contributed by atoms with Crippen LogP contribution in [0.5, 0.6) is 0 Å². The van der Waals surface area contributed by atoms with Crippen molar-refractivity contribution in [2.75, 3.05) is 19.8 Å². The van der Waals surface area contributed by atoms with Gasteiger partial charge in [0.25, 0.3) is 0 Å². The molecule has 1 aliphatic rings. The molecule has 6 heteroatoms. The summed E-state index contributed by atoms with van der Waals surface area (Å²) in [7, 11) is 0. The Balaban J connectivity index is 2.32. The molecule has 2 unspecified atom stereocenters. The fourth-order valence-electron chi connectivity index (χ4n) is 1.79. The highest BCUT2D eigenvalue weighted by atomic mass is 19.4. The van der Waals surface area contributed by atoms with E-state index in [1.807, 2.05) is 0 Å². The first-order valence-corrected chi connectivity index (χ1v) is 5.39. The molecule has 1 aliphatic heterocycles. The van der Waals surface area contributed by atoms with Crippen LogP contribution in [0, 0.1) is 0 Å². The minimum Gasteiger partial charge on any atom is -0.390 e. The Labute approximate surface area is 93.0 Å². The van der Waals surface area contributed by atoms with E-state index >= 15 is 0 Å². The molecule has 16 heavy (non-hydrogen) atoms. The van der Waals surface area contributed by atoms with Gasteiger partial charge in [-0.1, -0.05) is 0 Å². The molecule has 1 heterocycles. The lowest BCUT2D eigenvalue weighted by Gasteiger charge is -2.31. The van der Waals surface area contributed by atoms with Crippen LogP contribution < -0.4 is 5.32 Å². The van der Waals surface area contributed by atoms with Crippen LogP contribution in [0.15, 0.2) is 0 Å². The van der Waals surface area contributed by atoms with Gasteiger partial charge in [0.2, 0.25) is 0 Å². The summed E-state index contributed by atoms with van der Waals surface area (Å²) < 4.78 is 41.2. The van der Waals surface area contributed by atoms with Crippen LogP contribution in [0.25, 0.3) is 0 Å². The van der Waals surface area contributed by atoms with Crippen molar-refractivity contribution in [2.45, 2.75) is 44.0 Å². The molecule has 0 radical (unpaired) electrons. The molecule has 0 aliphatic carbocycles. The standard InChI is InChI=1S/C10H18F3NO2/c1-9(15,2-3-10(11,12)13)6-8-7-16-5-4-14-8/h8,14-15H,2-7H2,1H3. The molecule has 0 saturated carbocycles. The van der Waals surface area contributed by atoms with Crippen LogP contribution in [0.1, 0.15) is 26.2 Å². The molecule has 2 N–H and O–H groups in total. The Morgan fingerprint density at radius 1 is 1.38 bits per heavy atom. The van der Waals surface area contributed by atoms with E-state index in [1.54, 1.807) is 0 Å². The summed E-state index contributed by atoms with van der Waals surface area (Å²) >= 11 is 0. The van der Waals surface area contributed by atoms with Crippen molar-refractivity contribution < 1.29 is 23.0 Å². The number of alkyl halides is 3. The zero-order valence-electron chi connectivity index (χ0n) is 9.31. The number of ether oxygens (including phenoxy) is 1. The first-order valence-electron chi connectivity index (χ1n) is 5.39. The maximum atomic E-state index is 12.0. The lowest BCUT2D eigenvalue weighted by atomic mass is 9.92. The second kappa shape index (κ2) is 5.33. The Kier molecular flexibility index (Phi) is 4.58. The molecule has 0 aromatic heterocycles. The van der Waals surface area contributed by atoms with Gasteiger partial charge < -0.3 is 15.2 Å². The summed E-state index contributed by atoms with van der Waals surface area (Å²) in [5.41, 5.74) is -1.30. The Morgan fingerprint density at radius 2 is 2.06 bits per heavy atom. The van der Waals surface area contributed by atoms with Gasteiger partial charge in [0.05, 0.1) is 18.8 Å². The van der Waals surface area contributed by atoms with E-state index in [1.165, 1.54) is 6.92 Å². The summed E-state index contributed by atoms with van der Waals surface area (Å²) in [5.74, 6) is 0. The zero-order chi connectivity index (χ0) is 12.2. The maximum absolute atomic E-state index is 12.0. The topological polar surface area (TPSA) is 41.5 Å². The summed E-state index contributed by atoms with van der Waals surface area (Å²) in [6.07, 6.45) is -5.15. The van der Waals surface area contributed by atoms with Gasteiger partial charge in [0, 0.05) is 19.0 Å². The molecule has 0 bridgehead atoms. The summed E-state index contributed by atoms with van der Waals surface area (Å²) in [6, 6.07) is -0.0583. The molecule has 0 aromatic carbocycles. The number of hydrogen-bond donors (Lipinski definition) is 2. The van der Waals surface area contributed by atoms with Crippen LogP contribution in [-0.2, 0) is 4.74 Å². The van der Waals surface area contributed by atoms with E-state index in [-0.39, 0.29) is 18.9 Å². The molecular formula is C10H18F3NO2.